The maximum absolute atomic E-state index is 12.3. The number of ketones is 2. The highest BCUT2D eigenvalue weighted by Crippen LogP contribution is 2.41. The van der Waals surface area contributed by atoms with Gasteiger partial charge in [0.05, 0.1) is 12.8 Å². The summed E-state index contributed by atoms with van der Waals surface area (Å²) in [5.41, 5.74) is 1.50. The van der Waals surface area contributed by atoms with Crippen molar-refractivity contribution in [3.63, 3.8) is 0 Å². The molecular formula is C17H12ClN3O5. The lowest BCUT2D eigenvalue weighted by atomic mass is 9.86. The van der Waals surface area contributed by atoms with Gasteiger partial charge < -0.3 is 9.47 Å². The van der Waals surface area contributed by atoms with Gasteiger partial charge in [-0.1, -0.05) is 35.0 Å². The highest BCUT2D eigenvalue weighted by Gasteiger charge is 2.39. The van der Waals surface area contributed by atoms with E-state index >= 15 is 0 Å². The molecular weight excluding hydrogens is 362 g/mol. The fourth-order valence-electron chi connectivity index (χ4n) is 3.06. The van der Waals surface area contributed by atoms with Crippen molar-refractivity contribution in [3.05, 3.63) is 51.8 Å². The number of allylic oxidation sites excluding steroid dienone is 1. The number of aromatic nitrogens is 3. The molecule has 132 valence electrons. The second-order valence-corrected chi connectivity index (χ2v) is 6.08. The number of rotatable bonds is 3. The Morgan fingerprint density at radius 1 is 1.38 bits per heavy atom. The predicted octanol–water partition coefficient (Wildman–Crippen LogP) is 1.75. The average Bonchev–Trinajstić information content (AvgIpc) is 3.14. The maximum atomic E-state index is 12.3. The van der Waals surface area contributed by atoms with Crippen molar-refractivity contribution in [3.8, 4) is 0 Å². The average molecular weight is 374 g/mol. The van der Waals surface area contributed by atoms with Crippen molar-refractivity contribution in [2.24, 2.45) is 0 Å². The van der Waals surface area contributed by atoms with E-state index in [1.54, 1.807) is 25.1 Å². The maximum Gasteiger partial charge on any atom is 0.360 e. The van der Waals surface area contributed by atoms with Crippen LogP contribution in [0, 0.1) is 0 Å². The number of carbonyl (C=O) groups is 3. The zero-order chi connectivity index (χ0) is 18.4. The Labute approximate surface area is 152 Å². The van der Waals surface area contributed by atoms with Gasteiger partial charge in [-0.05, 0) is 12.5 Å². The van der Waals surface area contributed by atoms with Crippen molar-refractivity contribution in [2.45, 2.75) is 13.0 Å². The van der Waals surface area contributed by atoms with E-state index in [2.05, 4.69) is 10.3 Å². The first-order valence-electron chi connectivity index (χ1n) is 7.86. The van der Waals surface area contributed by atoms with Crippen LogP contribution in [0.25, 0.3) is 5.76 Å². The Morgan fingerprint density at radius 2 is 2.19 bits per heavy atom. The molecule has 2 heterocycles. The molecule has 1 aliphatic heterocycles. The minimum Gasteiger partial charge on any atom is -0.489 e. The van der Waals surface area contributed by atoms with Crippen molar-refractivity contribution in [2.75, 3.05) is 13.2 Å². The van der Waals surface area contributed by atoms with Crippen molar-refractivity contribution in [1.29, 1.82) is 0 Å². The summed E-state index contributed by atoms with van der Waals surface area (Å²) in [5, 5.41) is 7.58. The molecule has 26 heavy (non-hydrogen) atoms. The van der Waals surface area contributed by atoms with E-state index in [9.17, 15) is 14.4 Å². The molecule has 1 atom stereocenters. The molecule has 0 spiro atoms. The smallest absolute Gasteiger partial charge is 0.360 e. The van der Waals surface area contributed by atoms with Gasteiger partial charge in [-0.2, -0.15) is 0 Å². The van der Waals surface area contributed by atoms with Gasteiger partial charge in [0.25, 0.3) is 0 Å². The van der Waals surface area contributed by atoms with Gasteiger partial charge in [-0.25, -0.2) is 9.48 Å². The molecule has 0 saturated heterocycles. The van der Waals surface area contributed by atoms with Gasteiger partial charge in [0, 0.05) is 11.1 Å². The molecule has 0 radical (unpaired) electrons. The molecule has 2 aliphatic rings. The molecule has 1 aromatic carbocycles. The normalized spacial score (nSPS) is 18.5. The first kappa shape index (κ1) is 16.5. The first-order chi connectivity index (χ1) is 12.5. The number of hydrogen-bond donors (Lipinski definition) is 0. The lowest BCUT2D eigenvalue weighted by Gasteiger charge is -2.31. The van der Waals surface area contributed by atoms with Crippen molar-refractivity contribution < 1.29 is 23.9 Å². The molecule has 8 nitrogen and oxygen atoms in total. The Kier molecular flexibility index (Phi) is 3.84. The van der Waals surface area contributed by atoms with Crippen LogP contribution in [0.3, 0.4) is 0 Å². The molecule has 0 fully saturated rings. The zero-order valence-corrected chi connectivity index (χ0v) is 14.3. The summed E-state index contributed by atoms with van der Waals surface area (Å²) in [6, 6.07) is 4.59. The largest absolute Gasteiger partial charge is 0.489 e. The van der Waals surface area contributed by atoms with Crippen LogP contribution in [0.2, 0.25) is 0 Å². The Balaban J connectivity index is 1.80. The topological polar surface area (TPSA) is 100 Å². The van der Waals surface area contributed by atoms with E-state index in [1.807, 2.05) is 0 Å². The first-order valence-corrected chi connectivity index (χ1v) is 8.24. The van der Waals surface area contributed by atoms with E-state index in [0.29, 0.717) is 11.1 Å². The number of ether oxygens (including phenoxy) is 2. The van der Waals surface area contributed by atoms with Crippen LogP contribution in [0.5, 0.6) is 0 Å². The highest BCUT2D eigenvalue weighted by molar-refractivity contribution is 6.64. The second kappa shape index (κ2) is 6.06. The molecule has 0 bridgehead atoms. The third-order valence-corrected chi connectivity index (χ3v) is 4.58. The molecule has 1 aliphatic carbocycles. The van der Waals surface area contributed by atoms with E-state index in [4.69, 9.17) is 21.1 Å². The van der Waals surface area contributed by atoms with E-state index in [-0.39, 0.29) is 35.3 Å². The standard InChI is InChI=1S/C17H12ClN3O5/c1-2-25-17(24)10-6-21(20-19-10)11-7-26-16-12-8(11)4-3-5-9(12)14(22)15(23)13(16)18/h3-6,11H,2,7H2,1H3. The molecule has 0 saturated carbocycles. The summed E-state index contributed by atoms with van der Waals surface area (Å²) >= 11 is 6.02. The number of carbonyl (C=O) groups excluding carboxylic acids is 3. The van der Waals surface area contributed by atoms with Crippen LogP contribution >= 0.6 is 11.6 Å². The van der Waals surface area contributed by atoms with Gasteiger partial charge in [0.15, 0.2) is 5.69 Å². The van der Waals surface area contributed by atoms with Crippen molar-refractivity contribution >= 4 is 34.9 Å². The summed E-state index contributed by atoms with van der Waals surface area (Å²) in [7, 11) is 0. The second-order valence-electron chi connectivity index (χ2n) is 5.70. The Morgan fingerprint density at radius 3 is 2.96 bits per heavy atom. The number of benzene rings is 1. The van der Waals surface area contributed by atoms with Crippen LogP contribution in [0.4, 0.5) is 0 Å². The Bertz CT molecular complexity index is 994. The number of hydrogen-bond acceptors (Lipinski definition) is 7. The minimum absolute atomic E-state index is 0.0716. The molecule has 0 N–H and O–H groups in total. The summed E-state index contributed by atoms with van der Waals surface area (Å²) in [5.74, 6) is -1.83. The highest BCUT2D eigenvalue weighted by atomic mass is 35.5. The lowest BCUT2D eigenvalue weighted by Crippen LogP contribution is -2.30. The lowest BCUT2D eigenvalue weighted by molar-refractivity contribution is -0.111. The van der Waals surface area contributed by atoms with E-state index < -0.39 is 23.6 Å². The third kappa shape index (κ3) is 2.33. The van der Waals surface area contributed by atoms with Crippen LogP contribution in [-0.4, -0.2) is 45.7 Å². The van der Waals surface area contributed by atoms with Crippen LogP contribution in [0.1, 0.15) is 44.9 Å². The summed E-state index contributed by atoms with van der Waals surface area (Å²) in [6.07, 6.45) is 1.46. The molecule has 0 amide bonds. The summed E-state index contributed by atoms with van der Waals surface area (Å²) in [4.78, 5) is 36.0. The monoisotopic (exact) mass is 373 g/mol. The molecule has 1 unspecified atom stereocenters. The predicted molar refractivity (Wildman–Crippen MR) is 88.6 cm³/mol. The van der Waals surface area contributed by atoms with Gasteiger partial charge in [0.2, 0.25) is 11.6 Å². The van der Waals surface area contributed by atoms with Crippen LogP contribution in [-0.2, 0) is 14.3 Å². The molecule has 2 aromatic rings. The molecule has 9 heteroatoms. The number of esters is 1. The van der Waals surface area contributed by atoms with Gasteiger partial charge >= 0.3 is 5.97 Å². The van der Waals surface area contributed by atoms with Gasteiger partial charge in [-0.3, -0.25) is 9.59 Å². The third-order valence-electron chi connectivity index (χ3n) is 4.23. The van der Waals surface area contributed by atoms with Gasteiger partial charge in [0.1, 0.15) is 23.4 Å². The number of nitrogens with zero attached hydrogens (tertiary/aromatic N) is 3. The van der Waals surface area contributed by atoms with E-state index in [0.717, 1.165) is 0 Å². The molecule has 4 rings (SSSR count). The fraction of sp³-hybridized carbons (Fsp3) is 0.235. The van der Waals surface area contributed by atoms with Crippen LogP contribution in [0.15, 0.2) is 29.4 Å². The fourth-order valence-corrected chi connectivity index (χ4v) is 3.29. The quantitative estimate of drug-likeness (QED) is 0.596. The molecule has 1 aromatic heterocycles. The van der Waals surface area contributed by atoms with E-state index in [1.165, 1.54) is 10.9 Å². The zero-order valence-electron chi connectivity index (χ0n) is 13.6. The van der Waals surface area contributed by atoms with Gasteiger partial charge in [-0.15, -0.1) is 5.10 Å². The van der Waals surface area contributed by atoms with Crippen LogP contribution < -0.4 is 0 Å². The summed E-state index contributed by atoms with van der Waals surface area (Å²) < 4.78 is 12.0. The number of Topliss-reactive ketones (excluding diaryl/α,β-unsaturated/α-hetero) is 2. The minimum atomic E-state index is -0.782. The summed E-state index contributed by atoms with van der Waals surface area (Å²) in [6.45, 7) is 2.05. The number of halogens is 1. The SMILES string of the molecule is CCOC(=O)c1cn(C2COC3=C(Cl)C(=O)C(=O)c4cccc2c43)nn1. The van der Waals surface area contributed by atoms with Crippen molar-refractivity contribution in [1.82, 2.24) is 15.0 Å². The Hall–Kier alpha value is -3.00.